The Kier molecular flexibility index (Phi) is 2.33. The Balaban J connectivity index is 2.39. The van der Waals surface area contributed by atoms with Crippen LogP contribution in [-0.4, -0.2) is 12.8 Å². The van der Waals surface area contributed by atoms with Gasteiger partial charge in [0.2, 0.25) is 6.79 Å². The van der Waals surface area contributed by atoms with Gasteiger partial charge in [-0.25, -0.2) is 0 Å². The monoisotopic (exact) mass is 193 g/mol. The highest BCUT2D eigenvalue weighted by Crippen LogP contribution is 2.39. The molecule has 76 valence electrons. The summed E-state index contributed by atoms with van der Waals surface area (Å²) in [5.41, 5.74) is 7.00. The molecule has 1 aliphatic heterocycles. The Hall–Kier alpha value is -1.22. The first kappa shape index (κ1) is 9.34. The third-order valence-electron chi connectivity index (χ3n) is 2.71. The summed E-state index contributed by atoms with van der Waals surface area (Å²) in [6.07, 6.45) is 0. The second-order valence-corrected chi connectivity index (χ2v) is 3.73. The molecule has 0 spiro atoms. The molecule has 2 unspecified atom stereocenters. The highest BCUT2D eigenvalue weighted by molar-refractivity contribution is 5.49. The van der Waals surface area contributed by atoms with Crippen molar-refractivity contribution in [2.75, 3.05) is 6.79 Å². The lowest BCUT2D eigenvalue weighted by Crippen LogP contribution is -2.22. The van der Waals surface area contributed by atoms with E-state index in [2.05, 4.69) is 6.92 Å². The van der Waals surface area contributed by atoms with Gasteiger partial charge in [-0.15, -0.1) is 0 Å². The Labute approximate surface area is 83.8 Å². The van der Waals surface area contributed by atoms with E-state index < -0.39 is 0 Å². The van der Waals surface area contributed by atoms with Crippen molar-refractivity contribution in [3.63, 3.8) is 0 Å². The van der Waals surface area contributed by atoms with E-state index in [0.717, 1.165) is 17.1 Å². The summed E-state index contributed by atoms with van der Waals surface area (Å²) in [7, 11) is 0. The molecule has 1 heterocycles. The number of para-hydroxylation sites is 1. The molecule has 2 rings (SSSR count). The van der Waals surface area contributed by atoms with Crippen molar-refractivity contribution in [2.24, 2.45) is 5.73 Å². The average molecular weight is 193 g/mol. The summed E-state index contributed by atoms with van der Waals surface area (Å²) in [5.74, 6) is 1.97. The molecule has 0 fully saturated rings. The van der Waals surface area contributed by atoms with Crippen molar-refractivity contribution in [2.45, 2.75) is 25.8 Å². The lowest BCUT2D eigenvalue weighted by Gasteiger charge is -2.17. The van der Waals surface area contributed by atoms with Gasteiger partial charge in [-0.2, -0.15) is 0 Å². The van der Waals surface area contributed by atoms with E-state index in [-0.39, 0.29) is 12.0 Å². The van der Waals surface area contributed by atoms with Crippen LogP contribution in [0.3, 0.4) is 0 Å². The number of ether oxygens (including phenoxy) is 2. The molecule has 14 heavy (non-hydrogen) atoms. The minimum Gasteiger partial charge on any atom is -0.454 e. The molecule has 1 aromatic rings. The van der Waals surface area contributed by atoms with Gasteiger partial charge in [0, 0.05) is 11.6 Å². The second kappa shape index (κ2) is 3.50. The normalized spacial score (nSPS) is 17.9. The first-order valence-corrected chi connectivity index (χ1v) is 4.84. The largest absolute Gasteiger partial charge is 0.454 e. The molecule has 0 saturated carbocycles. The number of hydrogen-bond donors (Lipinski definition) is 1. The number of nitrogens with two attached hydrogens (primary N) is 1. The molecule has 0 saturated heterocycles. The van der Waals surface area contributed by atoms with Crippen molar-refractivity contribution < 1.29 is 9.47 Å². The lowest BCUT2D eigenvalue weighted by atomic mass is 9.94. The fraction of sp³-hybridized carbons (Fsp3) is 0.455. The third-order valence-corrected chi connectivity index (χ3v) is 2.71. The van der Waals surface area contributed by atoms with Gasteiger partial charge in [-0.05, 0) is 18.9 Å². The molecule has 2 N–H and O–H groups in total. The average Bonchev–Trinajstić information content (AvgIpc) is 2.63. The molecular weight excluding hydrogens is 178 g/mol. The van der Waals surface area contributed by atoms with Crippen LogP contribution in [0.25, 0.3) is 0 Å². The van der Waals surface area contributed by atoms with E-state index in [1.54, 1.807) is 0 Å². The quantitative estimate of drug-likeness (QED) is 0.779. The summed E-state index contributed by atoms with van der Waals surface area (Å²) in [6, 6.07) is 6.05. The molecule has 0 bridgehead atoms. The molecule has 0 radical (unpaired) electrons. The molecule has 0 amide bonds. The smallest absolute Gasteiger partial charge is 0.231 e. The van der Waals surface area contributed by atoms with E-state index in [1.165, 1.54) is 0 Å². The van der Waals surface area contributed by atoms with Gasteiger partial charge in [-0.3, -0.25) is 0 Å². The summed E-state index contributed by atoms with van der Waals surface area (Å²) in [4.78, 5) is 0. The van der Waals surface area contributed by atoms with Crippen molar-refractivity contribution in [3.05, 3.63) is 23.8 Å². The van der Waals surface area contributed by atoms with E-state index in [0.29, 0.717) is 6.79 Å². The van der Waals surface area contributed by atoms with E-state index >= 15 is 0 Å². The van der Waals surface area contributed by atoms with E-state index in [9.17, 15) is 0 Å². The van der Waals surface area contributed by atoms with Gasteiger partial charge in [-0.1, -0.05) is 19.1 Å². The van der Waals surface area contributed by atoms with Crippen molar-refractivity contribution in [1.29, 1.82) is 0 Å². The summed E-state index contributed by atoms with van der Waals surface area (Å²) < 4.78 is 10.7. The van der Waals surface area contributed by atoms with Crippen molar-refractivity contribution in [1.82, 2.24) is 0 Å². The predicted molar refractivity (Wildman–Crippen MR) is 54.6 cm³/mol. The highest BCUT2D eigenvalue weighted by Gasteiger charge is 2.22. The molecule has 2 atom stereocenters. The van der Waals surface area contributed by atoms with Gasteiger partial charge < -0.3 is 15.2 Å². The van der Waals surface area contributed by atoms with Crippen LogP contribution in [0.15, 0.2) is 18.2 Å². The minimum absolute atomic E-state index is 0.116. The van der Waals surface area contributed by atoms with Crippen molar-refractivity contribution >= 4 is 0 Å². The van der Waals surface area contributed by atoms with Crippen LogP contribution in [0.2, 0.25) is 0 Å². The Morgan fingerprint density at radius 3 is 2.79 bits per heavy atom. The van der Waals surface area contributed by atoms with Crippen LogP contribution in [0, 0.1) is 0 Å². The fourth-order valence-electron chi connectivity index (χ4n) is 1.59. The molecule has 0 aromatic heterocycles. The molecule has 3 nitrogen and oxygen atoms in total. The Morgan fingerprint density at radius 2 is 2.07 bits per heavy atom. The van der Waals surface area contributed by atoms with Crippen LogP contribution in [-0.2, 0) is 0 Å². The zero-order valence-corrected chi connectivity index (χ0v) is 8.49. The summed E-state index contributed by atoms with van der Waals surface area (Å²) >= 11 is 0. The summed E-state index contributed by atoms with van der Waals surface area (Å²) in [6.45, 7) is 4.42. The lowest BCUT2D eigenvalue weighted by molar-refractivity contribution is 0.173. The third kappa shape index (κ3) is 1.44. The maximum atomic E-state index is 5.87. The van der Waals surface area contributed by atoms with Crippen LogP contribution in [0.4, 0.5) is 0 Å². The molecule has 1 aromatic carbocycles. The SMILES string of the molecule is CC(N)C(C)c1cccc2c1OCO2. The predicted octanol–water partition coefficient (Wildman–Crippen LogP) is 1.87. The molecule has 3 heteroatoms. The zero-order chi connectivity index (χ0) is 10.1. The minimum atomic E-state index is 0.116. The molecule has 0 aliphatic carbocycles. The number of fused-ring (bicyclic) bond motifs is 1. The van der Waals surface area contributed by atoms with Crippen molar-refractivity contribution in [3.8, 4) is 11.5 Å². The van der Waals surface area contributed by atoms with E-state index in [1.807, 2.05) is 25.1 Å². The number of hydrogen-bond acceptors (Lipinski definition) is 3. The topological polar surface area (TPSA) is 44.5 Å². The molecule has 1 aliphatic rings. The zero-order valence-electron chi connectivity index (χ0n) is 8.49. The van der Waals surface area contributed by atoms with Crippen LogP contribution in [0.1, 0.15) is 25.3 Å². The number of benzene rings is 1. The van der Waals surface area contributed by atoms with Gasteiger partial charge in [0.05, 0.1) is 0 Å². The molecular formula is C11H15NO2. The van der Waals surface area contributed by atoms with Gasteiger partial charge in [0.15, 0.2) is 11.5 Å². The number of rotatable bonds is 2. The second-order valence-electron chi connectivity index (χ2n) is 3.73. The highest BCUT2D eigenvalue weighted by atomic mass is 16.7. The van der Waals surface area contributed by atoms with Crippen LogP contribution in [0.5, 0.6) is 11.5 Å². The van der Waals surface area contributed by atoms with Gasteiger partial charge in [0.25, 0.3) is 0 Å². The first-order valence-electron chi connectivity index (χ1n) is 4.84. The summed E-state index contributed by atoms with van der Waals surface area (Å²) in [5, 5.41) is 0. The standard InChI is InChI=1S/C11H15NO2/c1-7(8(2)12)9-4-3-5-10-11(9)14-6-13-10/h3-5,7-8H,6,12H2,1-2H3. The first-order chi connectivity index (χ1) is 6.70. The van der Waals surface area contributed by atoms with Crippen LogP contribution >= 0.6 is 0 Å². The maximum Gasteiger partial charge on any atom is 0.231 e. The Bertz CT molecular complexity index is 336. The van der Waals surface area contributed by atoms with E-state index in [4.69, 9.17) is 15.2 Å². The van der Waals surface area contributed by atoms with Crippen LogP contribution < -0.4 is 15.2 Å². The maximum absolute atomic E-state index is 5.87. The Morgan fingerprint density at radius 1 is 1.29 bits per heavy atom. The van der Waals surface area contributed by atoms with Gasteiger partial charge in [0.1, 0.15) is 0 Å². The fourth-order valence-corrected chi connectivity index (χ4v) is 1.59. The van der Waals surface area contributed by atoms with Gasteiger partial charge >= 0.3 is 0 Å².